The monoisotopic (exact) mass is 603 g/mol. The molecule has 2 amide bonds. The van der Waals surface area contributed by atoms with Crippen LogP contribution in [0, 0.1) is 11.7 Å². The second kappa shape index (κ2) is 14.3. The topological polar surface area (TPSA) is 96.0 Å². The number of carbonyl (C=O) groups excluding carboxylic acids is 2. The molecule has 220 valence electrons. The summed E-state index contributed by atoms with van der Waals surface area (Å²) >= 11 is 6.00. The number of sulfonamides is 1. The molecule has 0 fully saturated rings. The van der Waals surface area contributed by atoms with Gasteiger partial charge in [-0.25, -0.2) is 12.8 Å². The number of amides is 2. The van der Waals surface area contributed by atoms with Crippen LogP contribution in [0.3, 0.4) is 0 Å². The molecule has 0 saturated heterocycles. The minimum absolute atomic E-state index is 0.0443. The molecule has 0 heterocycles. The Bertz CT molecular complexity index is 1430. The van der Waals surface area contributed by atoms with Gasteiger partial charge in [0.05, 0.1) is 17.2 Å². The standard InChI is InChI=1S/C30H35ClFN3O5S/c1-5-40-28-9-7-6-8-27(28)35(41(38,39)26-16-12-24(31)13-17-26)20-29(36)34(19-23-10-14-25(32)15-11-23)22(4)30(37)33-18-21(2)3/h6-17,21-22H,5,18-20H2,1-4H3,(H,33,37)/t22-/m1/s1. The molecule has 3 rings (SSSR count). The summed E-state index contributed by atoms with van der Waals surface area (Å²) in [6.45, 7) is 7.23. The second-order valence-electron chi connectivity index (χ2n) is 9.83. The van der Waals surface area contributed by atoms with E-state index in [0.717, 1.165) is 4.31 Å². The van der Waals surface area contributed by atoms with Gasteiger partial charge >= 0.3 is 0 Å². The van der Waals surface area contributed by atoms with Crippen LogP contribution in [0.1, 0.15) is 33.3 Å². The Morgan fingerprint density at radius 3 is 2.22 bits per heavy atom. The van der Waals surface area contributed by atoms with Crippen LogP contribution in [0.2, 0.25) is 5.02 Å². The highest BCUT2D eigenvalue weighted by atomic mass is 35.5. The molecule has 0 unspecified atom stereocenters. The molecule has 0 aromatic heterocycles. The SMILES string of the molecule is CCOc1ccccc1N(CC(=O)N(Cc1ccc(F)cc1)[C@H](C)C(=O)NCC(C)C)S(=O)(=O)c1ccc(Cl)cc1. The lowest BCUT2D eigenvalue weighted by Gasteiger charge is -2.32. The van der Waals surface area contributed by atoms with Crippen LogP contribution in [0.5, 0.6) is 5.75 Å². The number of nitrogens with zero attached hydrogens (tertiary/aromatic N) is 2. The molecule has 3 aromatic rings. The molecule has 0 saturated carbocycles. The van der Waals surface area contributed by atoms with Gasteiger partial charge in [-0.3, -0.25) is 13.9 Å². The van der Waals surface area contributed by atoms with Crippen LogP contribution in [0.25, 0.3) is 0 Å². The first-order valence-electron chi connectivity index (χ1n) is 13.3. The third-order valence-corrected chi connectivity index (χ3v) is 8.26. The molecule has 3 aromatic carbocycles. The quantitative estimate of drug-likeness (QED) is 0.287. The highest BCUT2D eigenvalue weighted by Gasteiger charge is 2.33. The Balaban J connectivity index is 2.06. The molecule has 0 aliphatic rings. The van der Waals surface area contributed by atoms with E-state index in [1.54, 1.807) is 38.1 Å². The Hall–Kier alpha value is -3.63. The number of ether oxygens (including phenoxy) is 1. The van der Waals surface area contributed by atoms with Crippen LogP contribution in [-0.2, 0) is 26.2 Å². The van der Waals surface area contributed by atoms with E-state index < -0.39 is 40.2 Å². The molecular formula is C30H35ClFN3O5S. The van der Waals surface area contributed by atoms with Gasteiger partial charge in [-0.1, -0.05) is 49.7 Å². The summed E-state index contributed by atoms with van der Waals surface area (Å²) in [6.07, 6.45) is 0. The van der Waals surface area contributed by atoms with E-state index in [1.165, 1.54) is 53.4 Å². The van der Waals surface area contributed by atoms with E-state index in [9.17, 15) is 22.4 Å². The van der Waals surface area contributed by atoms with Crippen LogP contribution < -0.4 is 14.4 Å². The van der Waals surface area contributed by atoms with Crippen molar-refractivity contribution in [2.24, 2.45) is 5.92 Å². The molecule has 0 aliphatic carbocycles. The highest BCUT2D eigenvalue weighted by Crippen LogP contribution is 2.33. The van der Waals surface area contributed by atoms with E-state index >= 15 is 0 Å². The van der Waals surface area contributed by atoms with Gasteiger partial charge < -0.3 is 15.0 Å². The predicted molar refractivity (Wildman–Crippen MR) is 158 cm³/mol. The molecule has 11 heteroatoms. The van der Waals surface area contributed by atoms with Gasteiger partial charge in [-0.15, -0.1) is 0 Å². The van der Waals surface area contributed by atoms with E-state index in [-0.39, 0.29) is 35.4 Å². The third kappa shape index (κ3) is 8.43. The summed E-state index contributed by atoms with van der Waals surface area (Å²) in [4.78, 5) is 28.3. The number of benzene rings is 3. The van der Waals surface area contributed by atoms with Crippen molar-refractivity contribution in [2.45, 2.75) is 45.2 Å². The first-order chi connectivity index (χ1) is 19.4. The van der Waals surface area contributed by atoms with Crippen molar-refractivity contribution in [1.82, 2.24) is 10.2 Å². The van der Waals surface area contributed by atoms with E-state index in [0.29, 0.717) is 17.1 Å². The number of nitrogens with one attached hydrogen (secondary N) is 1. The van der Waals surface area contributed by atoms with Crippen LogP contribution in [-0.4, -0.2) is 50.9 Å². The summed E-state index contributed by atoms with van der Waals surface area (Å²) in [5, 5.41) is 3.18. The molecule has 0 radical (unpaired) electrons. The minimum Gasteiger partial charge on any atom is -0.492 e. The van der Waals surface area contributed by atoms with Gasteiger partial charge in [0.2, 0.25) is 11.8 Å². The Morgan fingerprint density at radius 1 is 0.976 bits per heavy atom. The van der Waals surface area contributed by atoms with Crippen molar-refractivity contribution in [1.29, 1.82) is 0 Å². The fourth-order valence-electron chi connectivity index (χ4n) is 4.01. The predicted octanol–water partition coefficient (Wildman–Crippen LogP) is 5.26. The van der Waals surface area contributed by atoms with Crippen molar-refractivity contribution in [3.8, 4) is 5.75 Å². The molecule has 0 bridgehead atoms. The van der Waals surface area contributed by atoms with Crippen molar-refractivity contribution < 1.29 is 27.1 Å². The number of halogens is 2. The van der Waals surface area contributed by atoms with Crippen LogP contribution in [0.15, 0.2) is 77.7 Å². The van der Waals surface area contributed by atoms with E-state index in [1.807, 2.05) is 13.8 Å². The third-order valence-electron chi connectivity index (χ3n) is 6.23. The minimum atomic E-state index is -4.29. The maximum atomic E-state index is 14.0. The lowest BCUT2D eigenvalue weighted by Crippen LogP contribution is -2.51. The molecule has 0 spiro atoms. The molecule has 8 nitrogen and oxygen atoms in total. The molecule has 1 atom stereocenters. The summed E-state index contributed by atoms with van der Waals surface area (Å²) in [7, 11) is -4.29. The van der Waals surface area contributed by atoms with Crippen molar-refractivity contribution in [2.75, 3.05) is 24.0 Å². The van der Waals surface area contributed by atoms with E-state index in [4.69, 9.17) is 16.3 Å². The number of anilines is 1. The average molecular weight is 604 g/mol. The van der Waals surface area contributed by atoms with E-state index in [2.05, 4.69) is 5.32 Å². The van der Waals surface area contributed by atoms with Crippen molar-refractivity contribution in [3.05, 3.63) is 89.2 Å². The number of para-hydroxylation sites is 2. The van der Waals surface area contributed by atoms with Crippen LogP contribution in [0.4, 0.5) is 10.1 Å². The number of rotatable bonds is 13. The largest absolute Gasteiger partial charge is 0.492 e. The van der Waals surface area contributed by atoms with Gasteiger partial charge in [0.1, 0.15) is 24.2 Å². The van der Waals surface area contributed by atoms with Crippen molar-refractivity contribution in [3.63, 3.8) is 0 Å². The number of carbonyl (C=O) groups is 2. The summed E-state index contributed by atoms with van der Waals surface area (Å²) in [5.74, 6) is -1.01. The molecular weight excluding hydrogens is 569 g/mol. The van der Waals surface area contributed by atoms with Gasteiger partial charge in [-0.2, -0.15) is 0 Å². The first-order valence-corrected chi connectivity index (χ1v) is 15.1. The van der Waals surface area contributed by atoms with Gasteiger partial charge in [-0.05, 0) is 73.9 Å². The molecule has 0 aliphatic heterocycles. The van der Waals surface area contributed by atoms with Crippen LogP contribution >= 0.6 is 11.6 Å². The maximum absolute atomic E-state index is 14.0. The van der Waals surface area contributed by atoms with Gasteiger partial charge in [0, 0.05) is 18.1 Å². The summed E-state index contributed by atoms with van der Waals surface area (Å²) in [5.41, 5.74) is 0.737. The maximum Gasteiger partial charge on any atom is 0.264 e. The zero-order valence-electron chi connectivity index (χ0n) is 23.5. The molecule has 41 heavy (non-hydrogen) atoms. The lowest BCUT2D eigenvalue weighted by molar-refractivity contribution is -0.139. The fourth-order valence-corrected chi connectivity index (χ4v) is 5.56. The number of hydrogen-bond acceptors (Lipinski definition) is 5. The average Bonchev–Trinajstić information content (AvgIpc) is 2.94. The zero-order valence-corrected chi connectivity index (χ0v) is 25.1. The van der Waals surface area contributed by atoms with Gasteiger partial charge in [0.25, 0.3) is 10.0 Å². The Labute approximate surface area is 246 Å². The van der Waals surface area contributed by atoms with Gasteiger partial charge in [0.15, 0.2) is 0 Å². The first kappa shape index (κ1) is 31.9. The normalized spacial score (nSPS) is 12.1. The molecule has 1 N–H and O–H groups in total. The smallest absolute Gasteiger partial charge is 0.264 e. The highest BCUT2D eigenvalue weighted by molar-refractivity contribution is 7.92. The second-order valence-corrected chi connectivity index (χ2v) is 12.1. The Kier molecular flexibility index (Phi) is 11.1. The summed E-state index contributed by atoms with van der Waals surface area (Å²) in [6, 6.07) is 16.7. The Morgan fingerprint density at radius 2 is 1.61 bits per heavy atom. The lowest BCUT2D eigenvalue weighted by atomic mass is 10.1. The number of hydrogen-bond donors (Lipinski definition) is 1. The summed E-state index contributed by atoms with van der Waals surface area (Å²) < 4.78 is 48.2. The van der Waals surface area contributed by atoms with Crippen molar-refractivity contribution >= 4 is 39.1 Å². The fraction of sp³-hybridized carbons (Fsp3) is 0.333. The zero-order chi connectivity index (χ0) is 30.2.